The lowest BCUT2D eigenvalue weighted by Gasteiger charge is -2.17. The molecule has 0 bridgehead atoms. The van der Waals surface area contributed by atoms with Crippen molar-refractivity contribution < 1.29 is 0 Å². The summed E-state index contributed by atoms with van der Waals surface area (Å²) in [5, 5.41) is 4.80. The number of fused-ring (bicyclic) bond motifs is 4. The summed E-state index contributed by atoms with van der Waals surface area (Å²) in [5.41, 5.74) is 16.2. The zero-order chi connectivity index (χ0) is 41.7. The van der Waals surface area contributed by atoms with Gasteiger partial charge in [0.25, 0.3) is 0 Å². The third-order valence-corrected chi connectivity index (χ3v) is 12.2. The molecule has 0 fully saturated rings. The van der Waals surface area contributed by atoms with Gasteiger partial charge in [0.15, 0.2) is 0 Å². The van der Waals surface area contributed by atoms with E-state index in [-0.39, 0.29) is 0 Å². The Labute approximate surface area is 365 Å². The van der Waals surface area contributed by atoms with Crippen LogP contribution in [0, 0.1) is 0 Å². The molecule has 0 aliphatic rings. The fourth-order valence-corrected chi connectivity index (χ4v) is 9.00. The van der Waals surface area contributed by atoms with Gasteiger partial charge < -0.3 is 0 Å². The van der Waals surface area contributed by atoms with Crippen LogP contribution in [0.5, 0.6) is 0 Å². The smallest absolute Gasteiger partial charge is 0.145 e. The molecule has 12 rings (SSSR count). The summed E-state index contributed by atoms with van der Waals surface area (Å²) in [7, 11) is 0. The zero-order valence-electron chi connectivity index (χ0n) is 34.2. The molecule has 0 unspecified atom stereocenters. The lowest BCUT2D eigenvalue weighted by Crippen LogP contribution is -1.99. The second-order valence-corrected chi connectivity index (χ2v) is 16.0. The van der Waals surface area contributed by atoms with Gasteiger partial charge in [-0.3, -0.25) is 4.57 Å². The molecule has 0 amide bonds. The lowest BCUT2D eigenvalue weighted by atomic mass is 9.94. The number of hydrogen-bond donors (Lipinski definition) is 0. The second kappa shape index (κ2) is 15.2. The summed E-state index contributed by atoms with van der Waals surface area (Å²) >= 11 is 0. The van der Waals surface area contributed by atoms with Crippen molar-refractivity contribution in [1.82, 2.24) is 19.5 Å². The number of benzene rings is 10. The third-order valence-electron chi connectivity index (χ3n) is 12.2. The van der Waals surface area contributed by atoms with Crippen LogP contribution in [0.25, 0.3) is 117 Å². The number of para-hydroxylation sites is 3. The average Bonchev–Trinajstić information content (AvgIpc) is 3.76. The van der Waals surface area contributed by atoms with Crippen LogP contribution in [0.4, 0.5) is 0 Å². The first-order valence-corrected chi connectivity index (χ1v) is 21.3. The predicted molar refractivity (Wildman–Crippen MR) is 262 cm³/mol. The molecule has 0 aliphatic carbocycles. The minimum absolute atomic E-state index is 0.841. The van der Waals surface area contributed by atoms with E-state index < -0.39 is 0 Å². The quantitative estimate of drug-likeness (QED) is 0.161. The lowest BCUT2D eigenvalue weighted by molar-refractivity contribution is 1.10. The summed E-state index contributed by atoms with van der Waals surface area (Å²) < 4.78 is 2.24. The monoisotopic (exact) mass is 802 g/mol. The Morgan fingerprint density at radius 1 is 0.286 bits per heavy atom. The summed E-state index contributed by atoms with van der Waals surface area (Å²) in [5.74, 6) is 0.916. The van der Waals surface area contributed by atoms with Crippen molar-refractivity contribution in [1.29, 1.82) is 0 Å². The maximum atomic E-state index is 5.65. The van der Waals surface area contributed by atoms with E-state index in [0.717, 1.165) is 95.0 Å². The van der Waals surface area contributed by atoms with Crippen molar-refractivity contribution in [3.8, 4) is 73.0 Å². The van der Waals surface area contributed by atoms with Crippen LogP contribution in [0.3, 0.4) is 0 Å². The largest absolute Gasteiger partial charge is 0.292 e. The van der Waals surface area contributed by atoms with Crippen LogP contribution in [0.15, 0.2) is 231 Å². The van der Waals surface area contributed by atoms with Gasteiger partial charge in [-0.15, -0.1) is 0 Å². The zero-order valence-corrected chi connectivity index (χ0v) is 34.2. The number of hydrogen-bond acceptors (Lipinski definition) is 3. The molecule has 0 radical (unpaired) electrons. The summed E-state index contributed by atoms with van der Waals surface area (Å²) in [4.78, 5) is 16.4. The second-order valence-electron chi connectivity index (χ2n) is 16.0. The number of nitrogens with zero attached hydrogens (tertiary/aromatic N) is 4. The van der Waals surface area contributed by atoms with Crippen molar-refractivity contribution in [2.24, 2.45) is 0 Å². The van der Waals surface area contributed by atoms with Crippen molar-refractivity contribution in [3.63, 3.8) is 0 Å². The Morgan fingerprint density at radius 3 is 1.29 bits per heavy atom. The molecule has 294 valence electrons. The molecule has 0 N–H and O–H groups in total. The van der Waals surface area contributed by atoms with E-state index in [1.165, 1.54) is 21.5 Å². The van der Waals surface area contributed by atoms with E-state index in [0.29, 0.717) is 0 Å². The van der Waals surface area contributed by atoms with Crippen molar-refractivity contribution in [3.05, 3.63) is 231 Å². The molecule has 0 atom stereocenters. The molecular formula is C59H38N4. The molecule has 12 aromatic rings. The highest BCUT2D eigenvalue weighted by atomic mass is 15.1. The van der Waals surface area contributed by atoms with Gasteiger partial charge in [-0.05, 0) is 80.2 Å². The van der Waals surface area contributed by atoms with Gasteiger partial charge in [-0.1, -0.05) is 194 Å². The Morgan fingerprint density at radius 2 is 0.714 bits per heavy atom. The molecule has 0 spiro atoms. The number of rotatable bonds is 7. The Bertz CT molecular complexity index is 3650. The first-order chi connectivity index (χ1) is 31.2. The summed E-state index contributed by atoms with van der Waals surface area (Å²) in [6.45, 7) is 0. The van der Waals surface area contributed by atoms with Crippen LogP contribution in [0.1, 0.15) is 0 Å². The minimum atomic E-state index is 0.841. The predicted octanol–water partition coefficient (Wildman–Crippen LogP) is 15.3. The molecule has 0 aliphatic heterocycles. The fraction of sp³-hybridized carbons (Fsp3) is 0. The van der Waals surface area contributed by atoms with Gasteiger partial charge in [0.05, 0.1) is 33.5 Å². The first-order valence-electron chi connectivity index (χ1n) is 21.3. The Balaban J connectivity index is 0.989. The van der Waals surface area contributed by atoms with E-state index >= 15 is 0 Å². The SMILES string of the molecule is c1ccc(-c2nc3c(-c4ccc5ccccc5c4)ccc(-c4ccc5ccccc5c4)c3nc2-c2ccc(-c3ccc(-c4nc5ccccc5n4-c4ccccc4)cc3)cc2)cc1. The van der Waals surface area contributed by atoms with E-state index in [4.69, 9.17) is 15.0 Å². The van der Waals surface area contributed by atoms with Crippen LogP contribution >= 0.6 is 0 Å². The first kappa shape index (κ1) is 36.4. The van der Waals surface area contributed by atoms with Crippen LogP contribution < -0.4 is 0 Å². The minimum Gasteiger partial charge on any atom is -0.292 e. The Hall–Kier alpha value is -8.47. The standard InChI is InChI=1S/C59H38N4/c1-3-15-43(16-4-1)55-56(44-29-23-41(24-30-44)42-25-31-45(32-26-42)59-60-53-21-11-12-22-54(53)63(59)50-19-5-2-6-20-50)62-58-52(49-34-28-40-14-8-10-18-47(40)38-49)36-35-51(57(58)61-55)48-33-27-39-13-7-9-17-46(39)37-48/h1-38H. The highest BCUT2D eigenvalue weighted by Gasteiger charge is 2.20. The third kappa shape index (κ3) is 6.53. The van der Waals surface area contributed by atoms with Crippen LogP contribution in [0.2, 0.25) is 0 Å². The van der Waals surface area contributed by atoms with Crippen LogP contribution in [-0.4, -0.2) is 19.5 Å². The van der Waals surface area contributed by atoms with Gasteiger partial charge >= 0.3 is 0 Å². The van der Waals surface area contributed by atoms with E-state index in [1.54, 1.807) is 0 Å². The molecule has 2 heterocycles. The highest BCUT2D eigenvalue weighted by Crippen LogP contribution is 2.40. The highest BCUT2D eigenvalue weighted by molar-refractivity contribution is 6.05. The Kier molecular flexibility index (Phi) is 8.79. The van der Waals surface area contributed by atoms with E-state index in [9.17, 15) is 0 Å². The van der Waals surface area contributed by atoms with Gasteiger partial charge in [0.1, 0.15) is 5.82 Å². The molecule has 4 heteroatoms. The topological polar surface area (TPSA) is 43.6 Å². The average molecular weight is 803 g/mol. The molecule has 63 heavy (non-hydrogen) atoms. The molecule has 0 saturated heterocycles. The van der Waals surface area contributed by atoms with Gasteiger partial charge in [-0.2, -0.15) is 0 Å². The fourth-order valence-electron chi connectivity index (χ4n) is 9.00. The molecule has 2 aromatic heterocycles. The molecule has 10 aromatic carbocycles. The molecule has 4 nitrogen and oxygen atoms in total. The van der Waals surface area contributed by atoms with Crippen molar-refractivity contribution in [2.45, 2.75) is 0 Å². The van der Waals surface area contributed by atoms with Gasteiger partial charge in [0.2, 0.25) is 0 Å². The van der Waals surface area contributed by atoms with Gasteiger partial charge in [-0.25, -0.2) is 15.0 Å². The van der Waals surface area contributed by atoms with Crippen LogP contribution in [-0.2, 0) is 0 Å². The maximum Gasteiger partial charge on any atom is 0.145 e. The molecule has 0 saturated carbocycles. The van der Waals surface area contributed by atoms with Gasteiger partial charge in [0, 0.05) is 33.5 Å². The van der Waals surface area contributed by atoms with E-state index in [2.05, 4.69) is 217 Å². The normalized spacial score (nSPS) is 11.5. The van der Waals surface area contributed by atoms with Crippen molar-refractivity contribution >= 4 is 43.6 Å². The number of imidazole rings is 1. The summed E-state index contributed by atoms with van der Waals surface area (Å²) in [6.07, 6.45) is 0. The number of aromatic nitrogens is 4. The summed E-state index contributed by atoms with van der Waals surface area (Å²) in [6, 6.07) is 81.5. The molecular weight excluding hydrogens is 765 g/mol. The van der Waals surface area contributed by atoms with E-state index in [1.807, 2.05) is 18.2 Å². The maximum absolute atomic E-state index is 5.65. The van der Waals surface area contributed by atoms with Crippen molar-refractivity contribution in [2.75, 3.05) is 0 Å².